The SMILES string of the molecule is CC(=O)C1=NN=N[NH+]1C1CCCCC1. The van der Waals surface area contributed by atoms with Gasteiger partial charge in [0.2, 0.25) is 5.78 Å². The quantitative estimate of drug-likeness (QED) is 0.684. The van der Waals surface area contributed by atoms with Gasteiger partial charge in [0.05, 0.1) is 5.22 Å². The predicted octanol–water partition coefficient (Wildman–Crippen LogP) is 0.487. The molecule has 1 heterocycles. The van der Waals surface area contributed by atoms with Gasteiger partial charge in [0.25, 0.3) is 0 Å². The highest BCUT2D eigenvalue weighted by Crippen LogP contribution is 2.15. The average Bonchev–Trinajstić information content (AvgIpc) is 2.67. The number of carbonyl (C=O) groups is 1. The molecule has 0 amide bonds. The molecule has 1 aliphatic carbocycles. The van der Waals surface area contributed by atoms with E-state index in [0.29, 0.717) is 11.9 Å². The summed E-state index contributed by atoms with van der Waals surface area (Å²) in [6.07, 6.45) is 6.01. The number of nitrogens with zero attached hydrogens (tertiary/aromatic N) is 3. The lowest BCUT2D eigenvalue weighted by Crippen LogP contribution is -3.14. The van der Waals surface area contributed by atoms with Crippen molar-refractivity contribution < 1.29 is 9.80 Å². The summed E-state index contributed by atoms with van der Waals surface area (Å²) < 4.78 is 0. The lowest BCUT2D eigenvalue weighted by molar-refractivity contribution is -0.843. The molecular formula is C9H15N4O+. The van der Waals surface area contributed by atoms with Gasteiger partial charge >= 0.3 is 5.84 Å². The molecule has 1 aliphatic heterocycles. The Labute approximate surface area is 82.9 Å². The van der Waals surface area contributed by atoms with Crippen LogP contribution >= 0.6 is 0 Å². The van der Waals surface area contributed by atoms with Crippen LogP contribution in [0.2, 0.25) is 0 Å². The van der Waals surface area contributed by atoms with Crippen LogP contribution in [0.3, 0.4) is 0 Å². The lowest BCUT2D eigenvalue weighted by atomic mass is 9.95. The van der Waals surface area contributed by atoms with Crippen LogP contribution in [0, 0.1) is 0 Å². The molecule has 2 rings (SSSR count). The molecule has 2 aliphatic rings. The Morgan fingerprint density at radius 2 is 2.07 bits per heavy atom. The van der Waals surface area contributed by atoms with Crippen LogP contribution in [0.4, 0.5) is 0 Å². The van der Waals surface area contributed by atoms with Gasteiger partial charge < -0.3 is 0 Å². The Hall–Kier alpha value is -1.10. The molecule has 1 saturated carbocycles. The van der Waals surface area contributed by atoms with Gasteiger partial charge in [-0.1, -0.05) is 11.5 Å². The van der Waals surface area contributed by atoms with Crippen LogP contribution in [0.1, 0.15) is 39.0 Å². The molecule has 0 aromatic heterocycles. The fourth-order valence-corrected chi connectivity index (χ4v) is 2.12. The Balaban J connectivity index is 2.06. The zero-order valence-corrected chi connectivity index (χ0v) is 8.36. The van der Waals surface area contributed by atoms with E-state index in [1.807, 2.05) is 0 Å². The van der Waals surface area contributed by atoms with E-state index in [-0.39, 0.29) is 5.78 Å². The molecule has 0 radical (unpaired) electrons. The van der Waals surface area contributed by atoms with Crippen LogP contribution in [0.5, 0.6) is 0 Å². The second kappa shape index (κ2) is 3.96. The van der Waals surface area contributed by atoms with Gasteiger partial charge in [-0.25, -0.2) is 0 Å². The number of rotatable bonds is 2. The molecule has 1 unspecified atom stereocenters. The molecule has 0 aromatic rings. The highest BCUT2D eigenvalue weighted by atomic mass is 16.1. The van der Waals surface area contributed by atoms with E-state index in [4.69, 9.17) is 0 Å². The molecule has 1 N–H and O–H groups in total. The number of carbonyl (C=O) groups excluding carboxylic acids is 1. The van der Waals surface area contributed by atoms with E-state index >= 15 is 0 Å². The molecule has 0 spiro atoms. The van der Waals surface area contributed by atoms with Crippen LogP contribution in [-0.4, -0.2) is 17.7 Å². The van der Waals surface area contributed by atoms with E-state index in [1.54, 1.807) is 0 Å². The van der Waals surface area contributed by atoms with Crippen molar-refractivity contribution >= 4 is 11.6 Å². The number of hydrogen-bond acceptors (Lipinski definition) is 4. The molecule has 14 heavy (non-hydrogen) atoms. The van der Waals surface area contributed by atoms with E-state index < -0.39 is 0 Å². The number of nitrogens with one attached hydrogen (secondary N) is 1. The topological polar surface area (TPSA) is 58.6 Å². The summed E-state index contributed by atoms with van der Waals surface area (Å²) in [5.41, 5.74) is 0. The molecule has 0 saturated heterocycles. The second-order valence-electron chi connectivity index (χ2n) is 3.91. The van der Waals surface area contributed by atoms with Gasteiger partial charge in [-0.3, -0.25) is 4.79 Å². The highest BCUT2D eigenvalue weighted by molar-refractivity contribution is 6.34. The summed E-state index contributed by atoms with van der Waals surface area (Å²) >= 11 is 0. The van der Waals surface area contributed by atoms with Gasteiger partial charge in [0, 0.05) is 25.0 Å². The van der Waals surface area contributed by atoms with Crippen molar-refractivity contribution in [3.63, 3.8) is 0 Å². The van der Waals surface area contributed by atoms with Gasteiger partial charge in [-0.2, -0.15) is 0 Å². The molecule has 5 nitrogen and oxygen atoms in total. The molecular weight excluding hydrogens is 180 g/mol. The first-order valence-electron chi connectivity index (χ1n) is 5.16. The second-order valence-corrected chi connectivity index (χ2v) is 3.91. The zero-order valence-electron chi connectivity index (χ0n) is 8.36. The first kappa shape index (κ1) is 9.45. The normalized spacial score (nSPS) is 27.8. The monoisotopic (exact) mass is 195 g/mol. The number of ketones is 1. The maximum Gasteiger partial charge on any atom is 0.318 e. The molecule has 5 heteroatoms. The van der Waals surface area contributed by atoms with E-state index in [0.717, 1.165) is 17.9 Å². The Morgan fingerprint density at radius 3 is 2.71 bits per heavy atom. The van der Waals surface area contributed by atoms with Gasteiger partial charge in [0.15, 0.2) is 0 Å². The van der Waals surface area contributed by atoms with Crippen molar-refractivity contribution in [2.45, 2.75) is 45.1 Å². The van der Waals surface area contributed by atoms with Crippen molar-refractivity contribution in [1.82, 2.24) is 0 Å². The summed E-state index contributed by atoms with van der Waals surface area (Å²) in [5.74, 6) is 0.465. The number of Topliss-reactive ketones (excluding diaryl/α,β-unsaturated/α-hetero) is 1. The van der Waals surface area contributed by atoms with Crippen molar-refractivity contribution in [3.8, 4) is 0 Å². The highest BCUT2D eigenvalue weighted by Gasteiger charge is 2.35. The first-order chi connectivity index (χ1) is 6.79. The van der Waals surface area contributed by atoms with Crippen molar-refractivity contribution in [2.75, 3.05) is 0 Å². The van der Waals surface area contributed by atoms with Crippen molar-refractivity contribution in [1.29, 1.82) is 0 Å². The van der Waals surface area contributed by atoms with Crippen molar-refractivity contribution in [3.05, 3.63) is 0 Å². The number of amidine groups is 1. The van der Waals surface area contributed by atoms with Gasteiger partial charge in [-0.05, 0) is 12.8 Å². The van der Waals surface area contributed by atoms with Crippen LogP contribution < -0.4 is 5.01 Å². The van der Waals surface area contributed by atoms with E-state index in [1.165, 1.54) is 26.2 Å². The van der Waals surface area contributed by atoms with E-state index in [9.17, 15) is 4.79 Å². The summed E-state index contributed by atoms with van der Waals surface area (Å²) in [5, 5.41) is 12.2. The van der Waals surface area contributed by atoms with Gasteiger partial charge in [-0.15, -0.1) is 5.01 Å². The first-order valence-corrected chi connectivity index (χ1v) is 5.16. The number of hydrogen-bond donors (Lipinski definition) is 1. The summed E-state index contributed by atoms with van der Waals surface area (Å²) in [7, 11) is 0. The molecule has 1 fully saturated rings. The third-order valence-corrected chi connectivity index (χ3v) is 2.87. The van der Waals surface area contributed by atoms with E-state index in [2.05, 4.69) is 15.5 Å². The molecule has 0 aromatic carbocycles. The van der Waals surface area contributed by atoms with Gasteiger partial charge in [0.1, 0.15) is 6.04 Å². The summed E-state index contributed by atoms with van der Waals surface area (Å²) in [6, 6.07) is 0.414. The summed E-state index contributed by atoms with van der Waals surface area (Å²) in [6.45, 7) is 1.53. The Morgan fingerprint density at radius 1 is 1.36 bits per heavy atom. The molecule has 0 bridgehead atoms. The minimum absolute atomic E-state index is 0.0180. The maximum atomic E-state index is 11.2. The maximum absolute atomic E-state index is 11.2. The molecule has 1 atom stereocenters. The third kappa shape index (κ3) is 1.72. The fourth-order valence-electron chi connectivity index (χ4n) is 2.12. The zero-order chi connectivity index (χ0) is 9.97. The standard InChI is InChI=1S/C9H14N4O/c1-7(14)9-10-11-12-13(9)8-5-3-2-4-6-8/h8H,2-6H2,1H3/p+1. The lowest BCUT2D eigenvalue weighted by Gasteiger charge is -2.22. The van der Waals surface area contributed by atoms with Crippen LogP contribution in [0.25, 0.3) is 0 Å². The molecule has 76 valence electrons. The fraction of sp³-hybridized carbons (Fsp3) is 0.778. The van der Waals surface area contributed by atoms with Crippen LogP contribution in [-0.2, 0) is 4.79 Å². The Bertz CT molecular complexity index is 291. The third-order valence-electron chi connectivity index (χ3n) is 2.87. The predicted molar refractivity (Wildman–Crippen MR) is 50.8 cm³/mol. The average molecular weight is 195 g/mol. The van der Waals surface area contributed by atoms with Crippen LogP contribution in [0.15, 0.2) is 15.5 Å². The number of quaternary nitrogens is 1. The summed E-state index contributed by atoms with van der Waals surface area (Å²) in [4.78, 5) is 11.2. The Kier molecular flexibility index (Phi) is 2.67. The minimum atomic E-state index is -0.0180. The smallest absolute Gasteiger partial charge is 0.286 e. The minimum Gasteiger partial charge on any atom is -0.286 e. The van der Waals surface area contributed by atoms with Crippen molar-refractivity contribution in [2.24, 2.45) is 15.5 Å². The largest absolute Gasteiger partial charge is 0.318 e.